The summed E-state index contributed by atoms with van der Waals surface area (Å²) in [6, 6.07) is 8.30. The van der Waals surface area contributed by atoms with Crippen LogP contribution in [0.15, 0.2) is 29.6 Å². The van der Waals surface area contributed by atoms with Crippen LogP contribution in [0.4, 0.5) is 0 Å². The third-order valence-corrected chi connectivity index (χ3v) is 3.80. The van der Waals surface area contributed by atoms with E-state index in [0.717, 1.165) is 0 Å². The molecule has 0 bridgehead atoms. The summed E-state index contributed by atoms with van der Waals surface area (Å²) in [5.41, 5.74) is 1.24. The predicted molar refractivity (Wildman–Crippen MR) is 78.4 cm³/mol. The van der Waals surface area contributed by atoms with Crippen molar-refractivity contribution in [2.75, 3.05) is 26.8 Å². The SMILES string of the molecule is COCCNC(=O)CNCc1csc2ccccc12. The summed E-state index contributed by atoms with van der Waals surface area (Å²) < 4.78 is 6.15. The Balaban J connectivity index is 1.78. The van der Waals surface area contributed by atoms with E-state index < -0.39 is 0 Å². The van der Waals surface area contributed by atoms with Crippen LogP contribution in [0.2, 0.25) is 0 Å². The van der Waals surface area contributed by atoms with Crippen LogP contribution in [-0.4, -0.2) is 32.7 Å². The fourth-order valence-corrected chi connectivity index (χ4v) is 2.80. The smallest absolute Gasteiger partial charge is 0.234 e. The topological polar surface area (TPSA) is 50.4 Å². The van der Waals surface area contributed by atoms with E-state index in [1.165, 1.54) is 15.6 Å². The van der Waals surface area contributed by atoms with E-state index in [0.29, 0.717) is 26.2 Å². The maximum Gasteiger partial charge on any atom is 0.234 e. The lowest BCUT2D eigenvalue weighted by Crippen LogP contribution is -2.35. The number of ether oxygens (including phenoxy) is 1. The summed E-state index contributed by atoms with van der Waals surface area (Å²) in [4.78, 5) is 11.5. The number of amides is 1. The van der Waals surface area contributed by atoms with Crippen LogP contribution in [-0.2, 0) is 16.1 Å². The molecule has 1 aromatic carbocycles. The van der Waals surface area contributed by atoms with Crippen molar-refractivity contribution >= 4 is 27.3 Å². The normalized spacial score (nSPS) is 10.8. The van der Waals surface area contributed by atoms with Gasteiger partial charge in [0, 0.05) is 24.9 Å². The summed E-state index contributed by atoms with van der Waals surface area (Å²) in [7, 11) is 1.62. The van der Waals surface area contributed by atoms with Crippen LogP contribution in [0.5, 0.6) is 0 Å². The molecule has 1 heterocycles. The largest absolute Gasteiger partial charge is 0.383 e. The minimum Gasteiger partial charge on any atom is -0.383 e. The van der Waals surface area contributed by atoms with Crippen molar-refractivity contribution in [1.29, 1.82) is 0 Å². The van der Waals surface area contributed by atoms with Gasteiger partial charge in [0.05, 0.1) is 13.2 Å². The lowest BCUT2D eigenvalue weighted by atomic mass is 10.2. The maximum absolute atomic E-state index is 11.5. The van der Waals surface area contributed by atoms with E-state index >= 15 is 0 Å². The highest BCUT2D eigenvalue weighted by atomic mass is 32.1. The molecule has 0 fully saturated rings. The Kier molecular flexibility index (Phi) is 5.32. The second-order valence-electron chi connectivity index (χ2n) is 4.20. The van der Waals surface area contributed by atoms with E-state index in [1.54, 1.807) is 18.4 Å². The zero-order valence-electron chi connectivity index (χ0n) is 10.9. The van der Waals surface area contributed by atoms with Gasteiger partial charge < -0.3 is 15.4 Å². The van der Waals surface area contributed by atoms with Crippen LogP contribution < -0.4 is 10.6 Å². The number of carbonyl (C=O) groups excluding carboxylic acids is 1. The number of carbonyl (C=O) groups is 1. The lowest BCUT2D eigenvalue weighted by Gasteiger charge is -2.05. The minimum absolute atomic E-state index is 0.00316. The van der Waals surface area contributed by atoms with Gasteiger partial charge >= 0.3 is 0 Å². The van der Waals surface area contributed by atoms with Crippen molar-refractivity contribution in [3.8, 4) is 0 Å². The zero-order valence-corrected chi connectivity index (χ0v) is 11.8. The Labute approximate surface area is 116 Å². The van der Waals surface area contributed by atoms with E-state index in [4.69, 9.17) is 4.74 Å². The second-order valence-corrected chi connectivity index (χ2v) is 5.11. The van der Waals surface area contributed by atoms with Crippen LogP contribution in [0, 0.1) is 0 Å². The first-order valence-electron chi connectivity index (χ1n) is 6.22. The third-order valence-electron chi connectivity index (χ3n) is 2.79. The highest BCUT2D eigenvalue weighted by Gasteiger charge is 2.04. The van der Waals surface area contributed by atoms with Gasteiger partial charge in [0.15, 0.2) is 0 Å². The third kappa shape index (κ3) is 4.02. The number of thiophene rings is 1. The van der Waals surface area contributed by atoms with Crippen LogP contribution in [0.1, 0.15) is 5.56 Å². The first-order chi connectivity index (χ1) is 9.31. The Morgan fingerprint density at radius 2 is 2.21 bits per heavy atom. The molecule has 0 aliphatic carbocycles. The van der Waals surface area contributed by atoms with Gasteiger partial charge in [0.25, 0.3) is 0 Å². The molecular formula is C14H18N2O2S. The van der Waals surface area contributed by atoms with Gasteiger partial charge in [-0.05, 0) is 22.4 Å². The molecule has 19 heavy (non-hydrogen) atoms. The molecule has 0 radical (unpaired) electrons. The number of fused-ring (bicyclic) bond motifs is 1. The zero-order chi connectivity index (χ0) is 13.5. The van der Waals surface area contributed by atoms with Gasteiger partial charge in [-0.25, -0.2) is 0 Å². The maximum atomic E-state index is 11.5. The summed E-state index contributed by atoms with van der Waals surface area (Å²) in [5, 5.41) is 9.34. The standard InChI is InChI=1S/C14H18N2O2S/c1-18-7-6-16-14(17)9-15-8-11-10-19-13-5-3-2-4-12(11)13/h2-5,10,15H,6-9H2,1H3,(H,16,17). The van der Waals surface area contributed by atoms with Crippen molar-refractivity contribution in [1.82, 2.24) is 10.6 Å². The molecule has 2 aromatic rings. The quantitative estimate of drug-likeness (QED) is 0.759. The Bertz CT molecular complexity index is 539. The first kappa shape index (κ1) is 14.0. The predicted octanol–water partition coefficient (Wildman–Crippen LogP) is 1.75. The molecule has 2 N–H and O–H groups in total. The Hall–Kier alpha value is -1.43. The van der Waals surface area contributed by atoms with Gasteiger partial charge in [-0.15, -0.1) is 11.3 Å². The van der Waals surface area contributed by atoms with E-state index in [-0.39, 0.29) is 5.91 Å². The second kappa shape index (κ2) is 7.23. The molecule has 1 amide bonds. The van der Waals surface area contributed by atoms with Gasteiger partial charge in [-0.2, -0.15) is 0 Å². The van der Waals surface area contributed by atoms with Crippen molar-refractivity contribution in [2.45, 2.75) is 6.54 Å². The van der Waals surface area contributed by atoms with E-state index in [2.05, 4.69) is 28.1 Å². The monoisotopic (exact) mass is 278 g/mol. The molecule has 1 aromatic heterocycles. The van der Waals surface area contributed by atoms with Crippen LogP contribution >= 0.6 is 11.3 Å². The van der Waals surface area contributed by atoms with Crippen molar-refractivity contribution in [2.24, 2.45) is 0 Å². The number of methoxy groups -OCH3 is 1. The van der Waals surface area contributed by atoms with Gasteiger partial charge in [0.2, 0.25) is 5.91 Å². The first-order valence-corrected chi connectivity index (χ1v) is 7.10. The lowest BCUT2D eigenvalue weighted by molar-refractivity contribution is -0.120. The number of benzene rings is 1. The van der Waals surface area contributed by atoms with Gasteiger partial charge in [0.1, 0.15) is 0 Å². The number of rotatable bonds is 7. The van der Waals surface area contributed by atoms with E-state index in [1.807, 2.05) is 12.1 Å². The van der Waals surface area contributed by atoms with Crippen molar-refractivity contribution < 1.29 is 9.53 Å². The highest BCUT2D eigenvalue weighted by Crippen LogP contribution is 2.25. The molecule has 2 rings (SSSR count). The fourth-order valence-electron chi connectivity index (χ4n) is 1.84. The molecule has 0 aliphatic heterocycles. The fraction of sp³-hybridized carbons (Fsp3) is 0.357. The summed E-state index contributed by atoms with van der Waals surface area (Å²) in [6.07, 6.45) is 0. The van der Waals surface area contributed by atoms with Crippen LogP contribution in [0.3, 0.4) is 0 Å². The number of hydrogen-bond donors (Lipinski definition) is 2. The summed E-state index contributed by atoms with van der Waals surface area (Å²) >= 11 is 1.73. The summed E-state index contributed by atoms with van der Waals surface area (Å²) in [5.74, 6) is -0.00316. The van der Waals surface area contributed by atoms with Gasteiger partial charge in [-0.1, -0.05) is 18.2 Å². The molecular weight excluding hydrogens is 260 g/mol. The molecule has 0 spiro atoms. The number of nitrogens with one attached hydrogen (secondary N) is 2. The van der Waals surface area contributed by atoms with Gasteiger partial charge in [-0.3, -0.25) is 4.79 Å². The minimum atomic E-state index is -0.00316. The average Bonchev–Trinajstić information content (AvgIpc) is 2.83. The molecule has 0 saturated heterocycles. The Morgan fingerprint density at radius 3 is 3.05 bits per heavy atom. The molecule has 0 saturated carbocycles. The molecule has 102 valence electrons. The Morgan fingerprint density at radius 1 is 1.37 bits per heavy atom. The average molecular weight is 278 g/mol. The molecule has 5 heteroatoms. The van der Waals surface area contributed by atoms with Crippen LogP contribution in [0.25, 0.3) is 10.1 Å². The summed E-state index contributed by atoms with van der Waals surface area (Å²) in [6.45, 7) is 2.13. The molecule has 4 nitrogen and oxygen atoms in total. The van der Waals surface area contributed by atoms with Crippen molar-refractivity contribution in [3.05, 3.63) is 35.2 Å². The molecule has 0 aliphatic rings. The highest BCUT2D eigenvalue weighted by molar-refractivity contribution is 7.17. The van der Waals surface area contributed by atoms with Crippen molar-refractivity contribution in [3.63, 3.8) is 0 Å². The molecule has 0 unspecified atom stereocenters. The molecule has 0 atom stereocenters. The number of hydrogen-bond acceptors (Lipinski definition) is 4. The van der Waals surface area contributed by atoms with E-state index in [9.17, 15) is 4.79 Å².